The molecule has 26 heavy (non-hydrogen) atoms. The Hall–Kier alpha value is -2.91. The Morgan fingerprint density at radius 2 is 1.88 bits per heavy atom. The summed E-state index contributed by atoms with van der Waals surface area (Å²) < 4.78 is 5.42. The Bertz CT molecular complexity index is 1130. The molecular formula is C23H20N2O. The Morgan fingerprint density at radius 3 is 2.81 bits per heavy atom. The molecule has 2 heterocycles. The molecule has 4 aromatic rings. The van der Waals surface area contributed by atoms with E-state index in [-0.39, 0.29) is 0 Å². The predicted molar refractivity (Wildman–Crippen MR) is 107 cm³/mol. The summed E-state index contributed by atoms with van der Waals surface area (Å²) in [6.07, 6.45) is 1.03. The van der Waals surface area contributed by atoms with E-state index in [4.69, 9.17) is 9.72 Å². The van der Waals surface area contributed by atoms with Crippen LogP contribution in [-0.2, 0) is 13.0 Å². The first kappa shape index (κ1) is 15.4. The molecule has 3 aromatic carbocycles. The van der Waals surface area contributed by atoms with Crippen LogP contribution in [0.15, 0.2) is 60.7 Å². The summed E-state index contributed by atoms with van der Waals surface area (Å²) in [7, 11) is 1.70. The smallest absolute Gasteiger partial charge is 0.119 e. The number of nitrogens with one attached hydrogen (secondary N) is 1. The number of methoxy groups -OCH3 is 1. The highest BCUT2D eigenvalue weighted by atomic mass is 16.5. The minimum atomic E-state index is 0.855. The highest BCUT2D eigenvalue weighted by Crippen LogP contribution is 2.36. The Labute approximate surface area is 152 Å². The van der Waals surface area contributed by atoms with E-state index >= 15 is 0 Å². The molecule has 3 heteroatoms. The number of aromatic nitrogens is 1. The quantitative estimate of drug-likeness (QED) is 0.537. The largest absolute Gasteiger partial charge is 0.497 e. The van der Waals surface area contributed by atoms with Crippen molar-refractivity contribution in [3.8, 4) is 17.0 Å². The first-order valence-corrected chi connectivity index (χ1v) is 9.03. The fraction of sp³-hybridized carbons (Fsp3) is 0.174. The van der Waals surface area contributed by atoms with Gasteiger partial charge in [-0.05, 0) is 53.1 Å². The maximum absolute atomic E-state index is 5.42. The average Bonchev–Trinajstić information content (AvgIpc) is 2.72. The first-order valence-electron chi connectivity index (χ1n) is 9.03. The number of benzene rings is 3. The fourth-order valence-electron chi connectivity index (χ4n) is 4.05. The zero-order valence-corrected chi connectivity index (χ0v) is 14.8. The van der Waals surface area contributed by atoms with Crippen LogP contribution in [0.5, 0.6) is 5.75 Å². The number of pyridine rings is 1. The van der Waals surface area contributed by atoms with E-state index in [2.05, 4.69) is 53.8 Å². The van der Waals surface area contributed by atoms with E-state index < -0.39 is 0 Å². The molecule has 0 aliphatic carbocycles. The summed E-state index contributed by atoms with van der Waals surface area (Å²) in [6.45, 7) is 1.86. The van der Waals surface area contributed by atoms with Crippen molar-refractivity contribution in [2.75, 3.05) is 13.7 Å². The molecule has 1 N–H and O–H groups in total. The maximum atomic E-state index is 5.42. The van der Waals surface area contributed by atoms with Gasteiger partial charge in [0.2, 0.25) is 0 Å². The van der Waals surface area contributed by atoms with E-state index in [9.17, 15) is 0 Å². The van der Waals surface area contributed by atoms with Gasteiger partial charge < -0.3 is 10.1 Å². The molecule has 0 unspecified atom stereocenters. The van der Waals surface area contributed by atoms with Crippen molar-refractivity contribution < 1.29 is 4.74 Å². The van der Waals surface area contributed by atoms with E-state index in [0.29, 0.717) is 0 Å². The van der Waals surface area contributed by atoms with Crippen LogP contribution in [0.3, 0.4) is 0 Å². The van der Waals surface area contributed by atoms with E-state index in [1.807, 2.05) is 12.1 Å². The van der Waals surface area contributed by atoms with E-state index in [0.717, 1.165) is 42.0 Å². The lowest BCUT2D eigenvalue weighted by atomic mass is 9.90. The lowest BCUT2D eigenvalue weighted by Gasteiger charge is -2.23. The molecule has 0 spiro atoms. The van der Waals surface area contributed by atoms with Gasteiger partial charge in [0.05, 0.1) is 18.3 Å². The van der Waals surface area contributed by atoms with Crippen LogP contribution >= 0.6 is 0 Å². The molecule has 128 valence electrons. The third kappa shape index (κ3) is 2.36. The van der Waals surface area contributed by atoms with Crippen molar-refractivity contribution in [3.63, 3.8) is 0 Å². The number of nitrogens with zero attached hydrogens (tertiary/aromatic N) is 1. The number of fused-ring (bicyclic) bond motifs is 5. The molecule has 1 aliphatic rings. The third-order valence-electron chi connectivity index (χ3n) is 5.29. The lowest BCUT2D eigenvalue weighted by Crippen LogP contribution is -2.25. The number of hydrogen-bond donors (Lipinski definition) is 1. The van der Waals surface area contributed by atoms with Crippen molar-refractivity contribution in [1.82, 2.24) is 10.3 Å². The first-order chi connectivity index (χ1) is 12.8. The molecule has 0 saturated heterocycles. The molecule has 0 saturated carbocycles. The van der Waals surface area contributed by atoms with Gasteiger partial charge in [-0.15, -0.1) is 0 Å². The average molecular weight is 340 g/mol. The maximum Gasteiger partial charge on any atom is 0.119 e. The second-order valence-corrected chi connectivity index (χ2v) is 6.76. The molecule has 1 aliphatic heterocycles. The minimum Gasteiger partial charge on any atom is -0.497 e. The molecule has 5 rings (SSSR count). The van der Waals surface area contributed by atoms with Gasteiger partial charge in [-0.25, -0.2) is 4.98 Å². The van der Waals surface area contributed by atoms with Crippen molar-refractivity contribution in [3.05, 3.63) is 71.8 Å². The summed E-state index contributed by atoms with van der Waals surface area (Å²) in [5.74, 6) is 0.862. The molecule has 3 nitrogen and oxygen atoms in total. The Balaban J connectivity index is 1.87. The molecule has 0 atom stereocenters. The topological polar surface area (TPSA) is 34.1 Å². The van der Waals surface area contributed by atoms with Crippen LogP contribution in [0.1, 0.15) is 11.1 Å². The van der Waals surface area contributed by atoms with Crippen LogP contribution < -0.4 is 10.1 Å². The predicted octanol–water partition coefficient (Wildman–Crippen LogP) is 4.71. The van der Waals surface area contributed by atoms with Gasteiger partial charge in [0.15, 0.2) is 0 Å². The summed E-state index contributed by atoms with van der Waals surface area (Å²) >= 11 is 0. The second-order valence-electron chi connectivity index (χ2n) is 6.76. The van der Waals surface area contributed by atoms with Crippen molar-refractivity contribution >= 4 is 21.7 Å². The van der Waals surface area contributed by atoms with E-state index in [1.165, 1.54) is 27.3 Å². The Kier molecular flexibility index (Phi) is 3.61. The highest BCUT2D eigenvalue weighted by Gasteiger charge is 2.20. The van der Waals surface area contributed by atoms with Crippen LogP contribution in [0, 0.1) is 0 Å². The molecule has 0 radical (unpaired) electrons. The molecule has 0 amide bonds. The normalized spacial score (nSPS) is 13.7. The minimum absolute atomic E-state index is 0.855. The van der Waals surface area contributed by atoms with Crippen LogP contribution in [0.4, 0.5) is 0 Å². The molecule has 1 aromatic heterocycles. The van der Waals surface area contributed by atoms with Gasteiger partial charge in [-0.3, -0.25) is 0 Å². The monoisotopic (exact) mass is 340 g/mol. The Morgan fingerprint density at radius 1 is 0.962 bits per heavy atom. The molecule has 0 bridgehead atoms. The van der Waals surface area contributed by atoms with Gasteiger partial charge >= 0.3 is 0 Å². The summed E-state index contributed by atoms with van der Waals surface area (Å²) in [5, 5.41) is 7.41. The van der Waals surface area contributed by atoms with E-state index in [1.54, 1.807) is 7.11 Å². The molecule has 0 fully saturated rings. The fourth-order valence-corrected chi connectivity index (χ4v) is 4.05. The zero-order valence-electron chi connectivity index (χ0n) is 14.8. The standard InChI is InChI=1S/C23H20N2O/c1-26-17-7-4-6-16(13-17)23-20-14-24-12-11-19(20)22-18-8-3-2-5-15(18)9-10-21(22)25-23/h2-10,13,24H,11-12,14H2,1H3. The number of rotatable bonds is 2. The number of hydrogen-bond acceptors (Lipinski definition) is 3. The van der Waals surface area contributed by atoms with Crippen molar-refractivity contribution in [1.29, 1.82) is 0 Å². The summed E-state index contributed by atoms with van der Waals surface area (Å²) in [4.78, 5) is 5.09. The zero-order chi connectivity index (χ0) is 17.5. The third-order valence-corrected chi connectivity index (χ3v) is 5.29. The van der Waals surface area contributed by atoms with Crippen LogP contribution in [-0.4, -0.2) is 18.6 Å². The van der Waals surface area contributed by atoms with Gasteiger partial charge in [0, 0.05) is 17.5 Å². The number of ether oxygens (including phenoxy) is 1. The van der Waals surface area contributed by atoms with Gasteiger partial charge in [-0.2, -0.15) is 0 Å². The SMILES string of the molecule is COc1cccc(-c2nc3ccc4ccccc4c3c3c2CNCC3)c1. The van der Waals surface area contributed by atoms with Crippen molar-refractivity contribution in [2.45, 2.75) is 13.0 Å². The molecular weight excluding hydrogens is 320 g/mol. The van der Waals surface area contributed by atoms with Gasteiger partial charge in [0.1, 0.15) is 5.75 Å². The second kappa shape index (κ2) is 6.11. The van der Waals surface area contributed by atoms with Crippen molar-refractivity contribution in [2.24, 2.45) is 0 Å². The summed E-state index contributed by atoms with van der Waals surface area (Å²) in [6, 6.07) is 21.1. The highest BCUT2D eigenvalue weighted by molar-refractivity contribution is 6.09. The van der Waals surface area contributed by atoms with Crippen LogP contribution in [0.2, 0.25) is 0 Å². The van der Waals surface area contributed by atoms with Gasteiger partial charge in [-0.1, -0.05) is 42.5 Å². The lowest BCUT2D eigenvalue weighted by molar-refractivity contribution is 0.415. The van der Waals surface area contributed by atoms with Crippen LogP contribution in [0.25, 0.3) is 32.9 Å². The van der Waals surface area contributed by atoms with Gasteiger partial charge in [0.25, 0.3) is 0 Å². The summed E-state index contributed by atoms with van der Waals surface area (Å²) in [5.41, 5.74) is 5.99.